The van der Waals surface area contributed by atoms with E-state index >= 15 is 0 Å². The molecule has 0 bridgehead atoms. The van der Waals surface area contributed by atoms with Gasteiger partial charge in [-0.1, -0.05) is 28.1 Å². The number of fused-ring (bicyclic) bond motifs is 1. The fourth-order valence-corrected chi connectivity index (χ4v) is 2.65. The second-order valence-electron chi connectivity index (χ2n) is 4.96. The zero-order valence-electron chi connectivity index (χ0n) is 11.3. The smallest absolute Gasteiger partial charge is 0.138 e. The van der Waals surface area contributed by atoms with Gasteiger partial charge in [-0.05, 0) is 43.7 Å². The summed E-state index contributed by atoms with van der Waals surface area (Å²) in [7, 11) is 0. The first-order chi connectivity index (χ1) is 9.56. The van der Waals surface area contributed by atoms with E-state index in [1.165, 1.54) is 0 Å². The summed E-state index contributed by atoms with van der Waals surface area (Å²) in [6.45, 7) is 3.81. The molecule has 1 atom stereocenters. The number of halogens is 1. The van der Waals surface area contributed by atoms with Crippen molar-refractivity contribution in [3.05, 3.63) is 58.3 Å². The quantitative estimate of drug-likeness (QED) is 0.767. The Kier molecular flexibility index (Phi) is 3.36. The summed E-state index contributed by atoms with van der Waals surface area (Å²) in [5, 5.41) is 10.1. The summed E-state index contributed by atoms with van der Waals surface area (Å²) in [6, 6.07) is 12.0. The fraction of sp³-hybridized carbons (Fsp3) is 0.188. The number of hydrogen-bond acceptors (Lipinski definition) is 2. The van der Waals surface area contributed by atoms with Gasteiger partial charge in [-0.2, -0.15) is 0 Å². The molecule has 2 heterocycles. The second-order valence-corrected chi connectivity index (χ2v) is 5.88. The molecule has 4 heteroatoms. The van der Waals surface area contributed by atoms with E-state index in [-0.39, 0.29) is 0 Å². The minimum absolute atomic E-state index is 0.577. The van der Waals surface area contributed by atoms with Crippen LogP contribution in [-0.4, -0.2) is 14.5 Å². The highest BCUT2D eigenvalue weighted by Crippen LogP contribution is 2.30. The van der Waals surface area contributed by atoms with E-state index in [1.54, 1.807) is 6.92 Å². The van der Waals surface area contributed by atoms with Crippen molar-refractivity contribution < 1.29 is 5.11 Å². The van der Waals surface area contributed by atoms with Gasteiger partial charge in [0.05, 0.1) is 17.5 Å². The average Bonchev–Trinajstić information content (AvgIpc) is 2.77. The van der Waals surface area contributed by atoms with E-state index in [1.807, 2.05) is 53.9 Å². The first kappa shape index (κ1) is 13.3. The largest absolute Gasteiger partial charge is 0.387 e. The monoisotopic (exact) mass is 330 g/mol. The minimum Gasteiger partial charge on any atom is -0.387 e. The van der Waals surface area contributed by atoms with Crippen LogP contribution in [0.1, 0.15) is 24.3 Å². The number of aryl methyl sites for hydroxylation is 1. The van der Waals surface area contributed by atoms with Crippen molar-refractivity contribution >= 4 is 21.6 Å². The Bertz CT molecular complexity index is 760. The molecule has 3 nitrogen and oxygen atoms in total. The summed E-state index contributed by atoms with van der Waals surface area (Å²) >= 11 is 3.43. The van der Waals surface area contributed by atoms with Crippen molar-refractivity contribution in [3.8, 4) is 11.3 Å². The van der Waals surface area contributed by atoms with Gasteiger partial charge in [0.2, 0.25) is 0 Å². The van der Waals surface area contributed by atoms with E-state index in [4.69, 9.17) is 0 Å². The maximum Gasteiger partial charge on any atom is 0.138 e. The predicted octanol–water partition coefficient (Wildman–Crippen LogP) is 4.13. The van der Waals surface area contributed by atoms with Crippen LogP contribution < -0.4 is 0 Å². The molecule has 3 rings (SSSR count). The van der Waals surface area contributed by atoms with Gasteiger partial charge in [0.25, 0.3) is 0 Å². The number of hydrogen-bond donors (Lipinski definition) is 1. The highest BCUT2D eigenvalue weighted by Gasteiger charge is 2.17. The molecule has 0 fully saturated rings. The maximum absolute atomic E-state index is 10.1. The van der Waals surface area contributed by atoms with Crippen molar-refractivity contribution in [2.24, 2.45) is 0 Å². The van der Waals surface area contributed by atoms with Crippen LogP contribution in [0.2, 0.25) is 0 Å². The predicted molar refractivity (Wildman–Crippen MR) is 83.7 cm³/mol. The second kappa shape index (κ2) is 5.04. The SMILES string of the molecule is Cc1ccn2c(C(C)O)c(-c3ccc(Br)cc3)nc2c1. The molecule has 102 valence electrons. The van der Waals surface area contributed by atoms with E-state index < -0.39 is 6.10 Å². The van der Waals surface area contributed by atoms with Gasteiger partial charge in [-0.15, -0.1) is 0 Å². The van der Waals surface area contributed by atoms with Crippen LogP contribution in [0.4, 0.5) is 0 Å². The lowest BCUT2D eigenvalue weighted by molar-refractivity contribution is 0.194. The number of aliphatic hydroxyl groups is 1. The molecule has 1 aromatic carbocycles. The summed E-state index contributed by atoms with van der Waals surface area (Å²) in [5.41, 5.74) is 4.67. The van der Waals surface area contributed by atoms with Gasteiger partial charge in [0.1, 0.15) is 5.65 Å². The van der Waals surface area contributed by atoms with Crippen molar-refractivity contribution in [3.63, 3.8) is 0 Å². The van der Waals surface area contributed by atoms with E-state index in [0.717, 1.165) is 32.6 Å². The van der Waals surface area contributed by atoms with Gasteiger partial charge in [0, 0.05) is 16.2 Å². The summed E-state index contributed by atoms with van der Waals surface area (Å²) in [4.78, 5) is 4.68. The average molecular weight is 331 g/mol. The molecule has 0 aliphatic rings. The van der Waals surface area contributed by atoms with Crippen LogP contribution in [0.15, 0.2) is 47.1 Å². The van der Waals surface area contributed by atoms with Crippen LogP contribution >= 0.6 is 15.9 Å². The number of pyridine rings is 1. The standard InChI is InChI=1S/C16H15BrN2O/c1-10-7-8-19-14(9-10)18-15(16(19)11(2)20)12-3-5-13(17)6-4-12/h3-9,11,20H,1-2H3. The highest BCUT2D eigenvalue weighted by atomic mass is 79.9. The van der Waals surface area contributed by atoms with Crippen molar-refractivity contribution in [1.29, 1.82) is 0 Å². The molecular formula is C16H15BrN2O. The summed E-state index contributed by atoms with van der Waals surface area (Å²) < 4.78 is 2.98. The Labute approximate surface area is 126 Å². The number of aromatic nitrogens is 2. The molecule has 0 spiro atoms. The number of nitrogens with zero attached hydrogens (tertiary/aromatic N) is 2. The molecular weight excluding hydrogens is 316 g/mol. The number of rotatable bonds is 2. The van der Waals surface area contributed by atoms with Crippen molar-refractivity contribution in [1.82, 2.24) is 9.38 Å². The van der Waals surface area contributed by atoms with Gasteiger partial charge < -0.3 is 9.51 Å². The number of imidazole rings is 1. The van der Waals surface area contributed by atoms with Gasteiger partial charge >= 0.3 is 0 Å². The molecule has 0 aliphatic heterocycles. The Morgan fingerprint density at radius 3 is 2.55 bits per heavy atom. The van der Waals surface area contributed by atoms with Gasteiger partial charge in [-0.3, -0.25) is 0 Å². The van der Waals surface area contributed by atoms with Crippen LogP contribution in [0.3, 0.4) is 0 Å². The fourth-order valence-electron chi connectivity index (χ4n) is 2.38. The van der Waals surface area contributed by atoms with Gasteiger partial charge in [-0.25, -0.2) is 4.98 Å². The molecule has 0 saturated carbocycles. The van der Waals surface area contributed by atoms with Gasteiger partial charge in [0.15, 0.2) is 0 Å². The topological polar surface area (TPSA) is 37.5 Å². The molecule has 2 aromatic heterocycles. The van der Waals surface area contributed by atoms with Crippen LogP contribution in [0.25, 0.3) is 16.9 Å². The lowest BCUT2D eigenvalue weighted by Crippen LogP contribution is -1.99. The maximum atomic E-state index is 10.1. The Hall–Kier alpha value is -1.65. The number of benzene rings is 1. The molecule has 3 aromatic rings. The third-order valence-corrected chi connectivity index (χ3v) is 3.86. The molecule has 0 amide bonds. The minimum atomic E-state index is -0.577. The lowest BCUT2D eigenvalue weighted by atomic mass is 10.1. The third-order valence-electron chi connectivity index (χ3n) is 3.33. The first-order valence-corrected chi connectivity index (χ1v) is 7.28. The first-order valence-electron chi connectivity index (χ1n) is 6.49. The van der Waals surface area contributed by atoms with Crippen LogP contribution in [0.5, 0.6) is 0 Å². The molecule has 20 heavy (non-hydrogen) atoms. The number of aliphatic hydroxyl groups excluding tert-OH is 1. The Morgan fingerprint density at radius 2 is 1.90 bits per heavy atom. The normalized spacial score (nSPS) is 12.8. The lowest BCUT2D eigenvalue weighted by Gasteiger charge is -2.08. The molecule has 1 unspecified atom stereocenters. The zero-order chi connectivity index (χ0) is 14.3. The van der Waals surface area contributed by atoms with Crippen LogP contribution in [0, 0.1) is 6.92 Å². The van der Waals surface area contributed by atoms with Crippen molar-refractivity contribution in [2.75, 3.05) is 0 Å². The van der Waals surface area contributed by atoms with E-state index in [0.29, 0.717) is 0 Å². The third kappa shape index (κ3) is 2.25. The molecule has 0 aliphatic carbocycles. The Balaban J connectivity index is 2.28. The van der Waals surface area contributed by atoms with Crippen LogP contribution in [-0.2, 0) is 0 Å². The van der Waals surface area contributed by atoms with E-state index in [9.17, 15) is 5.11 Å². The van der Waals surface area contributed by atoms with E-state index in [2.05, 4.69) is 20.9 Å². The zero-order valence-corrected chi connectivity index (χ0v) is 12.9. The summed E-state index contributed by atoms with van der Waals surface area (Å²) in [6.07, 6.45) is 1.38. The Morgan fingerprint density at radius 1 is 1.20 bits per heavy atom. The molecule has 0 radical (unpaired) electrons. The molecule has 0 saturated heterocycles. The summed E-state index contributed by atoms with van der Waals surface area (Å²) in [5.74, 6) is 0. The van der Waals surface area contributed by atoms with Crippen molar-refractivity contribution in [2.45, 2.75) is 20.0 Å². The molecule has 1 N–H and O–H groups in total. The highest BCUT2D eigenvalue weighted by molar-refractivity contribution is 9.10.